The second-order valence-corrected chi connectivity index (χ2v) is 8.61. The molecular formula is C19H20N4O3S. The number of nitrogens with zero attached hydrogens (tertiary/aromatic N) is 4. The highest BCUT2D eigenvalue weighted by Crippen LogP contribution is 2.26. The summed E-state index contributed by atoms with van der Waals surface area (Å²) in [5.74, 6) is 0.980. The van der Waals surface area contributed by atoms with Crippen molar-refractivity contribution in [1.82, 2.24) is 14.3 Å². The van der Waals surface area contributed by atoms with E-state index in [2.05, 4.69) is 9.88 Å². The Balaban J connectivity index is 1.61. The van der Waals surface area contributed by atoms with E-state index >= 15 is 0 Å². The molecule has 1 saturated heterocycles. The van der Waals surface area contributed by atoms with E-state index in [4.69, 9.17) is 4.98 Å². The number of aromatic nitrogens is 2. The lowest BCUT2D eigenvalue weighted by molar-refractivity contribution is 0.387. The van der Waals surface area contributed by atoms with Crippen LogP contribution in [0.1, 0.15) is 0 Å². The second kappa shape index (κ2) is 6.79. The van der Waals surface area contributed by atoms with Crippen molar-refractivity contribution in [3.05, 3.63) is 48.7 Å². The molecule has 1 aliphatic rings. The zero-order valence-corrected chi connectivity index (χ0v) is 15.7. The molecule has 0 unspecified atom stereocenters. The lowest BCUT2D eigenvalue weighted by atomic mass is 10.0. The van der Waals surface area contributed by atoms with Gasteiger partial charge in [-0.15, -0.1) is 0 Å². The van der Waals surface area contributed by atoms with Crippen LogP contribution in [0, 0.1) is 0 Å². The monoisotopic (exact) mass is 384 g/mol. The molecule has 1 aliphatic heterocycles. The van der Waals surface area contributed by atoms with Gasteiger partial charge in [0.15, 0.2) is 0 Å². The van der Waals surface area contributed by atoms with Gasteiger partial charge in [-0.2, -0.15) is 4.31 Å². The average Bonchev–Trinajstić information content (AvgIpc) is 2.67. The highest BCUT2D eigenvalue weighted by Gasteiger charge is 2.24. The zero-order chi connectivity index (χ0) is 19.0. The van der Waals surface area contributed by atoms with Gasteiger partial charge in [-0.3, -0.25) is 4.98 Å². The van der Waals surface area contributed by atoms with E-state index < -0.39 is 10.0 Å². The molecule has 2 aromatic carbocycles. The summed E-state index contributed by atoms with van der Waals surface area (Å²) in [6.45, 7) is 2.08. The number of anilines is 1. The molecule has 2 heterocycles. The number of aromatic hydroxyl groups is 1. The van der Waals surface area contributed by atoms with Crippen LogP contribution in [-0.4, -0.2) is 60.2 Å². The fourth-order valence-electron chi connectivity index (χ4n) is 3.24. The standard InChI is InChI=1S/C19H20N4O3S/c1-27(25,26)23-10-8-22(9-11-23)19-13-20-17-7-4-15(12-18(17)21-19)14-2-5-16(24)6-3-14/h2-7,12-13,24H,8-11H2,1H3. The summed E-state index contributed by atoms with van der Waals surface area (Å²) < 4.78 is 24.8. The Labute approximate surface area is 158 Å². The second-order valence-electron chi connectivity index (χ2n) is 6.63. The Morgan fingerprint density at radius 3 is 2.26 bits per heavy atom. The molecule has 0 spiro atoms. The van der Waals surface area contributed by atoms with E-state index in [1.807, 2.05) is 30.3 Å². The summed E-state index contributed by atoms with van der Waals surface area (Å²) in [5, 5.41) is 9.46. The van der Waals surface area contributed by atoms with Crippen LogP contribution in [0.4, 0.5) is 5.82 Å². The molecule has 1 N–H and O–H groups in total. The smallest absolute Gasteiger partial charge is 0.211 e. The van der Waals surface area contributed by atoms with Crippen molar-refractivity contribution in [3.8, 4) is 16.9 Å². The molecule has 1 aromatic heterocycles. The minimum absolute atomic E-state index is 0.231. The Hall–Kier alpha value is -2.71. The Morgan fingerprint density at radius 1 is 0.926 bits per heavy atom. The molecule has 0 aliphatic carbocycles. The molecule has 0 bridgehead atoms. The minimum atomic E-state index is -3.15. The van der Waals surface area contributed by atoms with E-state index in [0.717, 1.165) is 28.0 Å². The van der Waals surface area contributed by atoms with Gasteiger partial charge >= 0.3 is 0 Å². The number of hydrogen-bond donors (Lipinski definition) is 1. The summed E-state index contributed by atoms with van der Waals surface area (Å²) in [5.41, 5.74) is 3.57. The van der Waals surface area contributed by atoms with Crippen LogP contribution in [0.5, 0.6) is 5.75 Å². The van der Waals surface area contributed by atoms with Crippen LogP contribution < -0.4 is 4.90 Å². The van der Waals surface area contributed by atoms with E-state index in [-0.39, 0.29) is 5.75 Å². The Kier molecular flexibility index (Phi) is 4.45. The predicted octanol–water partition coefficient (Wildman–Crippen LogP) is 2.08. The number of hydrogen-bond acceptors (Lipinski definition) is 6. The van der Waals surface area contributed by atoms with Crippen molar-refractivity contribution in [2.24, 2.45) is 0 Å². The normalized spacial score (nSPS) is 16.0. The third-order valence-electron chi connectivity index (χ3n) is 4.76. The van der Waals surface area contributed by atoms with Gasteiger partial charge < -0.3 is 10.0 Å². The fourth-order valence-corrected chi connectivity index (χ4v) is 4.06. The van der Waals surface area contributed by atoms with E-state index in [1.165, 1.54) is 10.6 Å². The van der Waals surface area contributed by atoms with Crippen LogP contribution in [0.2, 0.25) is 0 Å². The third-order valence-corrected chi connectivity index (χ3v) is 6.06. The van der Waals surface area contributed by atoms with Crippen molar-refractivity contribution < 1.29 is 13.5 Å². The number of sulfonamides is 1. The van der Waals surface area contributed by atoms with Crippen LogP contribution in [-0.2, 0) is 10.0 Å². The fraction of sp³-hybridized carbons (Fsp3) is 0.263. The molecule has 27 heavy (non-hydrogen) atoms. The summed E-state index contributed by atoms with van der Waals surface area (Å²) in [4.78, 5) is 11.3. The molecule has 7 nitrogen and oxygen atoms in total. The topological polar surface area (TPSA) is 86.6 Å². The number of piperazine rings is 1. The van der Waals surface area contributed by atoms with Gasteiger partial charge in [0.1, 0.15) is 11.6 Å². The van der Waals surface area contributed by atoms with Crippen LogP contribution in [0.25, 0.3) is 22.2 Å². The van der Waals surface area contributed by atoms with Gasteiger partial charge in [0.05, 0.1) is 23.5 Å². The van der Waals surface area contributed by atoms with Crippen LogP contribution in [0.3, 0.4) is 0 Å². The first-order valence-electron chi connectivity index (χ1n) is 8.66. The Bertz CT molecular complexity index is 1080. The quantitative estimate of drug-likeness (QED) is 0.744. The molecule has 3 aromatic rings. The average molecular weight is 384 g/mol. The minimum Gasteiger partial charge on any atom is -0.508 e. The van der Waals surface area contributed by atoms with Gasteiger partial charge in [-0.05, 0) is 35.4 Å². The summed E-state index contributed by atoms with van der Waals surface area (Å²) in [6.07, 6.45) is 2.97. The molecule has 1 fully saturated rings. The molecule has 4 rings (SSSR count). The van der Waals surface area contributed by atoms with Crippen molar-refractivity contribution in [1.29, 1.82) is 0 Å². The highest BCUT2D eigenvalue weighted by atomic mass is 32.2. The number of benzene rings is 2. The molecule has 140 valence electrons. The largest absolute Gasteiger partial charge is 0.508 e. The molecule has 0 saturated carbocycles. The SMILES string of the molecule is CS(=O)(=O)N1CCN(c2cnc3ccc(-c4ccc(O)cc4)cc3n2)CC1. The van der Waals surface area contributed by atoms with Gasteiger partial charge in [0, 0.05) is 26.2 Å². The highest BCUT2D eigenvalue weighted by molar-refractivity contribution is 7.88. The third kappa shape index (κ3) is 3.72. The number of phenols is 1. The van der Waals surface area contributed by atoms with Gasteiger partial charge in [0.2, 0.25) is 10.0 Å². The van der Waals surface area contributed by atoms with Crippen molar-refractivity contribution in [2.45, 2.75) is 0 Å². The summed E-state index contributed by atoms with van der Waals surface area (Å²) in [6, 6.07) is 12.9. The maximum Gasteiger partial charge on any atom is 0.211 e. The van der Waals surface area contributed by atoms with E-state index in [0.29, 0.717) is 26.2 Å². The lowest BCUT2D eigenvalue weighted by Crippen LogP contribution is -2.48. The van der Waals surface area contributed by atoms with Crippen LogP contribution in [0.15, 0.2) is 48.7 Å². The molecule has 0 amide bonds. The summed E-state index contributed by atoms with van der Waals surface area (Å²) >= 11 is 0. The van der Waals surface area contributed by atoms with E-state index in [1.54, 1.807) is 18.3 Å². The van der Waals surface area contributed by atoms with Gasteiger partial charge in [-0.25, -0.2) is 13.4 Å². The van der Waals surface area contributed by atoms with Gasteiger partial charge in [0.25, 0.3) is 0 Å². The van der Waals surface area contributed by atoms with E-state index in [9.17, 15) is 13.5 Å². The number of rotatable bonds is 3. The van der Waals surface area contributed by atoms with Crippen LogP contribution >= 0.6 is 0 Å². The summed E-state index contributed by atoms with van der Waals surface area (Å²) in [7, 11) is -3.15. The molecule has 0 atom stereocenters. The lowest BCUT2D eigenvalue weighted by Gasteiger charge is -2.33. The Morgan fingerprint density at radius 2 is 1.59 bits per heavy atom. The van der Waals surface area contributed by atoms with Crippen molar-refractivity contribution >= 4 is 26.9 Å². The first-order chi connectivity index (χ1) is 12.9. The first-order valence-corrected chi connectivity index (χ1v) is 10.5. The molecule has 8 heteroatoms. The molecular weight excluding hydrogens is 364 g/mol. The maximum atomic E-state index is 11.7. The first kappa shape index (κ1) is 17.7. The van der Waals surface area contributed by atoms with Crippen molar-refractivity contribution in [3.63, 3.8) is 0 Å². The number of fused-ring (bicyclic) bond motifs is 1. The zero-order valence-electron chi connectivity index (χ0n) is 14.9. The number of phenolic OH excluding ortho intramolecular Hbond substituents is 1. The predicted molar refractivity (Wildman–Crippen MR) is 105 cm³/mol. The van der Waals surface area contributed by atoms with Gasteiger partial charge in [-0.1, -0.05) is 18.2 Å². The molecule has 0 radical (unpaired) electrons. The maximum absolute atomic E-state index is 11.7. The van der Waals surface area contributed by atoms with Crippen molar-refractivity contribution in [2.75, 3.05) is 37.3 Å².